The molecule has 0 spiro atoms. The number of amides is 1. The first kappa shape index (κ1) is 15.9. The quantitative estimate of drug-likeness (QED) is 0.815. The fraction of sp³-hybridized carbons (Fsp3) is 0.235. The second-order valence-corrected chi connectivity index (χ2v) is 6.35. The topological polar surface area (TPSA) is 29.1 Å². The van der Waals surface area contributed by atoms with Crippen LogP contribution in [-0.4, -0.2) is 11.7 Å². The molecule has 2 aromatic carbocycles. The van der Waals surface area contributed by atoms with E-state index >= 15 is 0 Å². The van der Waals surface area contributed by atoms with Gasteiger partial charge >= 0.3 is 0 Å². The second-order valence-electron chi connectivity index (χ2n) is 4.89. The summed E-state index contributed by atoms with van der Waals surface area (Å²) in [6.45, 7) is 4.02. The van der Waals surface area contributed by atoms with E-state index in [2.05, 4.69) is 18.3 Å². The van der Waals surface area contributed by atoms with Crippen molar-refractivity contribution in [2.24, 2.45) is 0 Å². The zero-order chi connectivity index (χ0) is 15.2. The van der Waals surface area contributed by atoms with Crippen molar-refractivity contribution in [1.82, 2.24) is 5.32 Å². The van der Waals surface area contributed by atoms with E-state index in [1.807, 2.05) is 49.4 Å². The third kappa shape index (κ3) is 4.80. The lowest BCUT2D eigenvalue weighted by Gasteiger charge is -2.14. The monoisotopic (exact) mass is 319 g/mol. The summed E-state index contributed by atoms with van der Waals surface area (Å²) < 4.78 is 0. The lowest BCUT2D eigenvalue weighted by molar-refractivity contribution is -0.119. The van der Waals surface area contributed by atoms with Gasteiger partial charge in [-0.15, -0.1) is 11.8 Å². The third-order valence-electron chi connectivity index (χ3n) is 3.20. The van der Waals surface area contributed by atoms with Crippen LogP contribution in [-0.2, 0) is 4.79 Å². The first-order valence-corrected chi connectivity index (χ1v) is 8.16. The molecular weight excluding hydrogens is 302 g/mol. The largest absolute Gasteiger partial charge is 0.349 e. The van der Waals surface area contributed by atoms with Crippen molar-refractivity contribution in [3.05, 3.63) is 64.7 Å². The maximum Gasteiger partial charge on any atom is 0.230 e. The minimum Gasteiger partial charge on any atom is -0.349 e. The molecule has 2 aromatic rings. The predicted octanol–water partition coefficient (Wildman–Crippen LogP) is 4.62. The van der Waals surface area contributed by atoms with Gasteiger partial charge in [0, 0.05) is 9.92 Å². The molecule has 1 N–H and O–H groups in total. The number of hydrogen-bond donors (Lipinski definition) is 1. The summed E-state index contributed by atoms with van der Waals surface area (Å²) in [5.41, 5.74) is 2.25. The maximum absolute atomic E-state index is 12.0. The number of hydrogen-bond acceptors (Lipinski definition) is 2. The van der Waals surface area contributed by atoms with E-state index < -0.39 is 0 Å². The molecular formula is C17H18ClNOS. The van der Waals surface area contributed by atoms with Crippen LogP contribution in [0.3, 0.4) is 0 Å². The van der Waals surface area contributed by atoms with Crippen molar-refractivity contribution >= 4 is 29.3 Å². The van der Waals surface area contributed by atoms with Crippen LogP contribution in [0.4, 0.5) is 0 Å². The van der Waals surface area contributed by atoms with Crippen LogP contribution >= 0.6 is 23.4 Å². The van der Waals surface area contributed by atoms with Gasteiger partial charge in [-0.1, -0.05) is 41.9 Å². The number of halogens is 1. The summed E-state index contributed by atoms with van der Waals surface area (Å²) in [5, 5.41) is 3.70. The van der Waals surface area contributed by atoms with E-state index in [4.69, 9.17) is 11.6 Å². The van der Waals surface area contributed by atoms with E-state index in [9.17, 15) is 4.79 Å². The molecule has 0 radical (unpaired) electrons. The summed E-state index contributed by atoms with van der Waals surface area (Å²) in [6.07, 6.45) is 0. The molecule has 4 heteroatoms. The van der Waals surface area contributed by atoms with Crippen LogP contribution in [0.1, 0.15) is 24.1 Å². The van der Waals surface area contributed by atoms with Crippen molar-refractivity contribution in [3.8, 4) is 0 Å². The Hall–Kier alpha value is -1.45. The van der Waals surface area contributed by atoms with Crippen molar-refractivity contribution in [2.45, 2.75) is 24.8 Å². The minimum absolute atomic E-state index is 0.0211. The number of thioether (sulfide) groups is 1. The van der Waals surface area contributed by atoms with Crippen LogP contribution in [0.15, 0.2) is 53.4 Å². The molecule has 21 heavy (non-hydrogen) atoms. The van der Waals surface area contributed by atoms with E-state index in [-0.39, 0.29) is 11.9 Å². The van der Waals surface area contributed by atoms with Crippen LogP contribution in [0, 0.1) is 6.92 Å². The summed E-state index contributed by atoms with van der Waals surface area (Å²) in [4.78, 5) is 13.2. The van der Waals surface area contributed by atoms with Gasteiger partial charge in [-0.3, -0.25) is 4.79 Å². The Balaban J connectivity index is 1.87. The Morgan fingerprint density at radius 1 is 1.19 bits per heavy atom. The van der Waals surface area contributed by atoms with Crippen molar-refractivity contribution in [2.75, 3.05) is 5.75 Å². The fourth-order valence-electron chi connectivity index (χ4n) is 1.98. The van der Waals surface area contributed by atoms with Gasteiger partial charge < -0.3 is 5.32 Å². The average molecular weight is 320 g/mol. The number of nitrogens with one attached hydrogen (secondary N) is 1. The average Bonchev–Trinajstić information content (AvgIpc) is 2.47. The summed E-state index contributed by atoms with van der Waals surface area (Å²) in [5.74, 6) is 0.452. The molecule has 0 aromatic heterocycles. The highest BCUT2D eigenvalue weighted by Crippen LogP contribution is 2.22. The maximum atomic E-state index is 12.0. The number of carbonyl (C=O) groups is 1. The number of benzene rings is 2. The SMILES string of the molecule is Cc1ccccc1SCC(=O)N[C@H](C)c1ccc(Cl)cc1. The number of rotatable bonds is 5. The molecule has 1 amide bonds. The van der Waals surface area contributed by atoms with Gasteiger partial charge in [0.2, 0.25) is 5.91 Å². The van der Waals surface area contributed by atoms with E-state index in [0.29, 0.717) is 10.8 Å². The number of carbonyl (C=O) groups excluding carboxylic acids is 1. The zero-order valence-electron chi connectivity index (χ0n) is 12.1. The van der Waals surface area contributed by atoms with E-state index in [1.54, 1.807) is 11.8 Å². The molecule has 110 valence electrons. The molecule has 1 atom stereocenters. The smallest absolute Gasteiger partial charge is 0.230 e. The van der Waals surface area contributed by atoms with Gasteiger partial charge in [0.25, 0.3) is 0 Å². The standard InChI is InChI=1S/C17H18ClNOS/c1-12-5-3-4-6-16(12)21-11-17(20)19-13(2)14-7-9-15(18)10-8-14/h3-10,13H,11H2,1-2H3,(H,19,20)/t13-/m1/s1. The van der Waals surface area contributed by atoms with E-state index in [1.165, 1.54) is 5.56 Å². The molecule has 0 aliphatic rings. The fourth-order valence-corrected chi connectivity index (χ4v) is 2.95. The van der Waals surface area contributed by atoms with Gasteiger partial charge in [0.15, 0.2) is 0 Å². The van der Waals surface area contributed by atoms with Gasteiger partial charge in [-0.2, -0.15) is 0 Å². The third-order valence-corrected chi connectivity index (χ3v) is 4.63. The normalized spacial score (nSPS) is 12.0. The highest BCUT2D eigenvalue weighted by Gasteiger charge is 2.10. The molecule has 0 bridgehead atoms. The highest BCUT2D eigenvalue weighted by atomic mass is 35.5. The number of aryl methyl sites for hydroxylation is 1. The summed E-state index contributed by atoms with van der Waals surface area (Å²) in [7, 11) is 0. The molecule has 2 nitrogen and oxygen atoms in total. The Morgan fingerprint density at radius 2 is 1.86 bits per heavy atom. The molecule has 0 heterocycles. The molecule has 0 fully saturated rings. The first-order chi connectivity index (χ1) is 10.1. The Morgan fingerprint density at radius 3 is 2.52 bits per heavy atom. The van der Waals surface area contributed by atoms with Gasteiger partial charge in [0.1, 0.15) is 0 Å². The molecule has 0 saturated carbocycles. The zero-order valence-corrected chi connectivity index (χ0v) is 13.7. The van der Waals surface area contributed by atoms with Crippen LogP contribution in [0.2, 0.25) is 5.02 Å². The lowest BCUT2D eigenvalue weighted by atomic mass is 10.1. The van der Waals surface area contributed by atoms with Crippen LogP contribution in [0.5, 0.6) is 0 Å². The molecule has 0 aliphatic heterocycles. The van der Waals surface area contributed by atoms with Gasteiger partial charge in [-0.05, 0) is 43.2 Å². The Labute approximate surface area is 134 Å². The summed E-state index contributed by atoms with van der Waals surface area (Å²) in [6, 6.07) is 15.6. The second kappa shape index (κ2) is 7.53. The molecule has 2 rings (SSSR count). The van der Waals surface area contributed by atoms with Gasteiger partial charge in [-0.25, -0.2) is 0 Å². The highest BCUT2D eigenvalue weighted by molar-refractivity contribution is 8.00. The Kier molecular flexibility index (Phi) is 5.71. The van der Waals surface area contributed by atoms with Crippen molar-refractivity contribution in [3.63, 3.8) is 0 Å². The molecule has 0 saturated heterocycles. The minimum atomic E-state index is -0.0211. The van der Waals surface area contributed by atoms with E-state index in [0.717, 1.165) is 10.5 Å². The lowest BCUT2D eigenvalue weighted by Crippen LogP contribution is -2.28. The van der Waals surface area contributed by atoms with Gasteiger partial charge in [0.05, 0.1) is 11.8 Å². The van der Waals surface area contributed by atoms with Crippen molar-refractivity contribution in [1.29, 1.82) is 0 Å². The Bertz CT molecular complexity index is 612. The van der Waals surface area contributed by atoms with Crippen molar-refractivity contribution < 1.29 is 4.79 Å². The first-order valence-electron chi connectivity index (χ1n) is 6.79. The predicted molar refractivity (Wildman–Crippen MR) is 89.9 cm³/mol. The summed E-state index contributed by atoms with van der Waals surface area (Å²) >= 11 is 7.43. The van der Waals surface area contributed by atoms with Crippen LogP contribution < -0.4 is 5.32 Å². The molecule has 0 aliphatic carbocycles. The van der Waals surface area contributed by atoms with Crippen LogP contribution in [0.25, 0.3) is 0 Å². The molecule has 0 unspecified atom stereocenters.